The first-order valence-electron chi connectivity index (χ1n) is 9.91. The summed E-state index contributed by atoms with van der Waals surface area (Å²) in [6.07, 6.45) is 0. The van der Waals surface area contributed by atoms with Crippen molar-refractivity contribution in [2.75, 3.05) is 58.7 Å². The SMILES string of the molecule is CN=C(NCCS(=O)(=O)C(C)(C)C)N1CCN(CCOc2ccc(Cl)cc2)CC1.I. The fourth-order valence-electron chi connectivity index (χ4n) is 2.94. The summed E-state index contributed by atoms with van der Waals surface area (Å²) in [6, 6.07) is 7.38. The molecule has 0 spiro atoms. The van der Waals surface area contributed by atoms with Crippen LogP contribution in [-0.4, -0.2) is 87.6 Å². The molecule has 0 unspecified atom stereocenters. The Morgan fingerprint density at radius 1 is 1.17 bits per heavy atom. The zero-order valence-electron chi connectivity index (χ0n) is 18.2. The molecule has 7 nitrogen and oxygen atoms in total. The number of halogens is 2. The molecule has 30 heavy (non-hydrogen) atoms. The molecule has 172 valence electrons. The van der Waals surface area contributed by atoms with Crippen LogP contribution >= 0.6 is 35.6 Å². The monoisotopic (exact) mass is 572 g/mol. The van der Waals surface area contributed by atoms with Crippen molar-refractivity contribution in [3.63, 3.8) is 0 Å². The highest BCUT2D eigenvalue weighted by molar-refractivity contribution is 14.0. The predicted octanol–water partition coefficient (Wildman–Crippen LogP) is 2.74. The summed E-state index contributed by atoms with van der Waals surface area (Å²) in [5, 5.41) is 3.89. The summed E-state index contributed by atoms with van der Waals surface area (Å²) in [7, 11) is -1.41. The molecule has 10 heteroatoms. The van der Waals surface area contributed by atoms with Crippen LogP contribution in [0.1, 0.15) is 20.8 Å². The van der Waals surface area contributed by atoms with Crippen molar-refractivity contribution in [3.8, 4) is 5.75 Å². The molecule has 1 aromatic carbocycles. The van der Waals surface area contributed by atoms with Crippen LogP contribution in [-0.2, 0) is 9.84 Å². The number of guanidine groups is 1. The van der Waals surface area contributed by atoms with Crippen LogP contribution in [0.15, 0.2) is 29.3 Å². The number of rotatable bonds is 7. The number of ether oxygens (including phenoxy) is 1. The molecule has 1 aromatic rings. The van der Waals surface area contributed by atoms with Gasteiger partial charge in [0, 0.05) is 51.3 Å². The quantitative estimate of drug-likeness (QED) is 0.308. The molecule has 1 N–H and O–H groups in total. The summed E-state index contributed by atoms with van der Waals surface area (Å²) in [4.78, 5) is 8.83. The summed E-state index contributed by atoms with van der Waals surface area (Å²) >= 11 is 5.88. The standard InChI is InChI=1S/C20H33ClN4O3S.HI/c1-20(2,3)29(26,27)16-9-23-19(22-4)25-12-10-24(11-13-25)14-15-28-18-7-5-17(21)6-8-18;/h5-8H,9-16H2,1-4H3,(H,22,23);1H. The molecule has 0 radical (unpaired) electrons. The molecule has 1 aliphatic rings. The zero-order chi connectivity index (χ0) is 21.5. The second-order valence-electron chi connectivity index (χ2n) is 8.04. The third kappa shape index (κ3) is 8.39. The maximum Gasteiger partial charge on any atom is 0.193 e. The molecule has 0 bridgehead atoms. The van der Waals surface area contributed by atoms with Crippen molar-refractivity contribution in [1.29, 1.82) is 0 Å². The van der Waals surface area contributed by atoms with E-state index in [9.17, 15) is 8.42 Å². The normalized spacial score (nSPS) is 16.2. The smallest absolute Gasteiger partial charge is 0.193 e. The number of aliphatic imine (C=N–C) groups is 1. The largest absolute Gasteiger partial charge is 0.492 e. The second kappa shape index (κ2) is 12.3. The van der Waals surface area contributed by atoms with E-state index >= 15 is 0 Å². The van der Waals surface area contributed by atoms with E-state index in [4.69, 9.17) is 16.3 Å². The lowest BCUT2D eigenvalue weighted by Gasteiger charge is -2.36. The van der Waals surface area contributed by atoms with Gasteiger partial charge in [0.2, 0.25) is 0 Å². The van der Waals surface area contributed by atoms with Crippen LogP contribution in [0.25, 0.3) is 0 Å². The first-order chi connectivity index (χ1) is 13.6. The van der Waals surface area contributed by atoms with Crippen LogP contribution in [0.3, 0.4) is 0 Å². The number of hydrogen-bond donors (Lipinski definition) is 1. The minimum atomic E-state index is -3.14. The molecule has 1 aliphatic heterocycles. The van der Waals surface area contributed by atoms with Crippen LogP contribution in [0.5, 0.6) is 5.75 Å². The second-order valence-corrected chi connectivity index (χ2v) is 11.3. The van der Waals surface area contributed by atoms with Crippen molar-refractivity contribution < 1.29 is 13.2 Å². The van der Waals surface area contributed by atoms with Gasteiger partial charge in [0.05, 0.1) is 10.5 Å². The first kappa shape index (κ1) is 27.3. The molecule has 0 aromatic heterocycles. The molecule has 1 heterocycles. The summed E-state index contributed by atoms with van der Waals surface area (Å²) in [6.45, 7) is 10.5. The minimum absolute atomic E-state index is 0. The average Bonchev–Trinajstić information content (AvgIpc) is 2.67. The van der Waals surface area contributed by atoms with Gasteiger partial charge >= 0.3 is 0 Å². The molecule has 0 amide bonds. The Balaban J connectivity index is 0.00000450. The molecular weight excluding hydrogens is 539 g/mol. The number of hydrogen-bond acceptors (Lipinski definition) is 5. The highest BCUT2D eigenvalue weighted by Gasteiger charge is 2.28. The van der Waals surface area contributed by atoms with Crippen molar-refractivity contribution in [1.82, 2.24) is 15.1 Å². The lowest BCUT2D eigenvalue weighted by molar-refractivity contribution is 0.152. The van der Waals surface area contributed by atoms with E-state index in [1.165, 1.54) is 0 Å². The third-order valence-corrected chi connectivity index (χ3v) is 7.82. The van der Waals surface area contributed by atoms with Gasteiger partial charge in [0.1, 0.15) is 12.4 Å². The van der Waals surface area contributed by atoms with Gasteiger partial charge in [0.15, 0.2) is 15.8 Å². The van der Waals surface area contributed by atoms with E-state index in [1.54, 1.807) is 27.8 Å². The predicted molar refractivity (Wildman–Crippen MR) is 135 cm³/mol. The van der Waals surface area contributed by atoms with Gasteiger partial charge in [-0.15, -0.1) is 24.0 Å². The number of nitrogens with zero attached hydrogens (tertiary/aromatic N) is 3. The maximum absolute atomic E-state index is 12.2. The molecule has 1 saturated heterocycles. The molecule has 1 fully saturated rings. The van der Waals surface area contributed by atoms with Gasteiger partial charge in [0.25, 0.3) is 0 Å². The minimum Gasteiger partial charge on any atom is -0.492 e. The Morgan fingerprint density at radius 3 is 2.30 bits per heavy atom. The average molecular weight is 573 g/mol. The maximum atomic E-state index is 12.2. The van der Waals surface area contributed by atoms with Crippen molar-refractivity contribution >= 4 is 51.4 Å². The van der Waals surface area contributed by atoms with Gasteiger partial charge in [-0.3, -0.25) is 9.89 Å². The Hall–Kier alpha value is -0.780. The van der Waals surface area contributed by atoms with Gasteiger partial charge in [-0.2, -0.15) is 0 Å². The summed E-state index contributed by atoms with van der Waals surface area (Å²) < 4.78 is 29.5. The Morgan fingerprint density at radius 2 is 1.77 bits per heavy atom. The number of sulfone groups is 1. The summed E-state index contributed by atoms with van der Waals surface area (Å²) in [5.74, 6) is 1.67. The Kier molecular flexibility index (Phi) is 11.2. The van der Waals surface area contributed by atoms with E-state index in [1.807, 2.05) is 24.3 Å². The highest BCUT2D eigenvalue weighted by atomic mass is 127. The fourth-order valence-corrected chi connectivity index (χ4v) is 4.05. The van der Waals surface area contributed by atoms with Crippen molar-refractivity contribution in [2.24, 2.45) is 4.99 Å². The van der Waals surface area contributed by atoms with Crippen LogP contribution in [0.4, 0.5) is 0 Å². The third-order valence-electron chi connectivity index (χ3n) is 4.96. The number of piperazine rings is 1. The highest BCUT2D eigenvalue weighted by Crippen LogP contribution is 2.16. The summed E-state index contributed by atoms with van der Waals surface area (Å²) in [5.41, 5.74) is 0. The Labute approximate surface area is 203 Å². The van der Waals surface area contributed by atoms with Crippen LogP contribution in [0, 0.1) is 0 Å². The van der Waals surface area contributed by atoms with Gasteiger partial charge in [-0.05, 0) is 45.0 Å². The van der Waals surface area contributed by atoms with Gasteiger partial charge in [-0.1, -0.05) is 11.6 Å². The Bertz CT molecular complexity index is 774. The van der Waals surface area contributed by atoms with Gasteiger partial charge < -0.3 is 15.0 Å². The van der Waals surface area contributed by atoms with E-state index < -0.39 is 14.6 Å². The van der Waals surface area contributed by atoms with E-state index in [-0.39, 0.29) is 29.7 Å². The zero-order valence-corrected chi connectivity index (χ0v) is 22.1. The lowest BCUT2D eigenvalue weighted by atomic mass is 10.3. The number of benzene rings is 1. The molecular formula is C20H34ClIN4O3S. The number of nitrogens with one attached hydrogen (secondary N) is 1. The molecule has 0 atom stereocenters. The topological polar surface area (TPSA) is 74.2 Å². The van der Waals surface area contributed by atoms with E-state index in [0.717, 1.165) is 44.4 Å². The van der Waals surface area contributed by atoms with E-state index in [0.29, 0.717) is 18.2 Å². The van der Waals surface area contributed by atoms with Crippen LogP contribution < -0.4 is 10.1 Å². The fraction of sp³-hybridized carbons (Fsp3) is 0.650. The molecule has 0 saturated carbocycles. The van der Waals surface area contributed by atoms with Crippen LogP contribution in [0.2, 0.25) is 5.02 Å². The molecule has 2 rings (SSSR count). The van der Waals surface area contributed by atoms with Gasteiger partial charge in [-0.25, -0.2) is 8.42 Å². The van der Waals surface area contributed by atoms with Crippen molar-refractivity contribution in [2.45, 2.75) is 25.5 Å². The van der Waals surface area contributed by atoms with E-state index in [2.05, 4.69) is 20.1 Å². The van der Waals surface area contributed by atoms with Crippen molar-refractivity contribution in [3.05, 3.63) is 29.3 Å². The lowest BCUT2D eigenvalue weighted by Crippen LogP contribution is -2.53. The molecule has 0 aliphatic carbocycles. The first-order valence-corrected chi connectivity index (χ1v) is 11.9.